The van der Waals surface area contributed by atoms with Gasteiger partial charge in [-0.3, -0.25) is 19.2 Å². The molecule has 6 rings (SSSR count). The van der Waals surface area contributed by atoms with Crippen molar-refractivity contribution in [2.75, 3.05) is 13.7 Å². The van der Waals surface area contributed by atoms with Crippen LogP contribution in [-0.4, -0.2) is 67.2 Å². The standard InChI is InChI=1S/C32H18Cl8N2O7/c1-48-18-4-2-3-16(11-18)29(47)49-17-8-5-14(6-9-17)21(43)13-41(26(44)15-7-10-19(33)20(34)12-15)42-27(45)22-23(28(42)46)31(38)25(36)24(35)30(22,37)32(31,39)40/h2-12,22-23H,13H2,1H3/t22-,23+,30-,31-/m1/s1. The van der Waals surface area contributed by atoms with Gasteiger partial charge >= 0.3 is 5.97 Å². The topological polar surface area (TPSA) is 110 Å². The molecule has 4 atom stereocenters. The number of amides is 3. The van der Waals surface area contributed by atoms with Crippen molar-refractivity contribution in [3.63, 3.8) is 0 Å². The average Bonchev–Trinajstić information content (AvgIpc) is 3.47. The Balaban J connectivity index is 1.31. The van der Waals surface area contributed by atoms with Crippen LogP contribution in [0.5, 0.6) is 11.5 Å². The lowest BCUT2D eigenvalue weighted by atomic mass is 9.84. The summed E-state index contributed by atoms with van der Waals surface area (Å²) >= 11 is 51.8. The van der Waals surface area contributed by atoms with Gasteiger partial charge in [0, 0.05) is 11.1 Å². The first-order chi connectivity index (χ1) is 23.0. The molecular formula is C32H18Cl8N2O7. The van der Waals surface area contributed by atoms with E-state index >= 15 is 0 Å². The van der Waals surface area contributed by atoms with Gasteiger partial charge in [0.05, 0.1) is 44.6 Å². The van der Waals surface area contributed by atoms with Crippen LogP contribution in [-0.2, 0) is 9.59 Å². The number of rotatable bonds is 8. The third kappa shape index (κ3) is 5.32. The summed E-state index contributed by atoms with van der Waals surface area (Å²) in [7, 11) is 1.46. The SMILES string of the molecule is COc1cccc(C(=O)Oc2ccc(C(=O)CN(C(=O)c3ccc(Cl)c(Cl)c3)N3C(=O)[C@@H]4[C@H](C3=O)[C@@]3(Cl)C(Cl)=C(Cl)[C@@]4(Cl)C3(Cl)Cl)cc2)c1. The van der Waals surface area contributed by atoms with E-state index in [2.05, 4.69) is 0 Å². The van der Waals surface area contributed by atoms with E-state index in [0.29, 0.717) is 15.8 Å². The molecule has 0 radical (unpaired) electrons. The summed E-state index contributed by atoms with van der Waals surface area (Å²) in [6, 6.07) is 15.5. The number of hydrogen-bond acceptors (Lipinski definition) is 7. The zero-order chi connectivity index (χ0) is 35.8. The Morgan fingerprint density at radius 1 is 0.735 bits per heavy atom. The number of carbonyl (C=O) groups excluding carboxylic acids is 5. The van der Waals surface area contributed by atoms with Crippen molar-refractivity contribution in [2.24, 2.45) is 11.8 Å². The molecule has 0 aromatic heterocycles. The van der Waals surface area contributed by atoms with Gasteiger partial charge in [0.1, 0.15) is 27.8 Å². The molecule has 3 amide bonds. The van der Waals surface area contributed by atoms with Crippen LogP contribution in [0.2, 0.25) is 10.0 Å². The van der Waals surface area contributed by atoms with Gasteiger partial charge in [-0.05, 0) is 60.7 Å². The molecule has 1 saturated carbocycles. The molecular weight excluding hydrogens is 808 g/mol. The highest BCUT2D eigenvalue weighted by molar-refractivity contribution is 6.67. The number of hydrogen-bond donors (Lipinski definition) is 0. The Bertz CT molecular complexity index is 1960. The normalized spacial score (nSPS) is 25.0. The number of carbonyl (C=O) groups is 5. The Hall–Kier alpha value is -2.73. The van der Waals surface area contributed by atoms with Crippen molar-refractivity contribution in [3.8, 4) is 11.5 Å². The maximum absolute atomic E-state index is 14.1. The monoisotopic (exact) mass is 822 g/mol. The Morgan fingerprint density at radius 3 is 1.86 bits per heavy atom. The number of methoxy groups -OCH3 is 1. The van der Waals surface area contributed by atoms with Crippen LogP contribution in [0, 0.1) is 11.8 Å². The third-order valence-corrected chi connectivity index (χ3v) is 13.5. The minimum Gasteiger partial charge on any atom is -0.497 e. The number of benzene rings is 3. The number of alkyl halides is 4. The molecule has 9 nitrogen and oxygen atoms in total. The number of imide groups is 1. The molecule has 0 unspecified atom stereocenters. The van der Waals surface area contributed by atoms with Gasteiger partial charge in [-0.15, -0.1) is 23.2 Å². The lowest BCUT2D eigenvalue weighted by molar-refractivity contribution is -0.154. The highest BCUT2D eigenvalue weighted by atomic mass is 35.5. The van der Waals surface area contributed by atoms with E-state index in [-0.39, 0.29) is 42.5 Å². The maximum atomic E-state index is 14.1. The maximum Gasteiger partial charge on any atom is 0.343 e. The fraction of sp³-hybridized carbons (Fsp3) is 0.219. The zero-order valence-corrected chi connectivity index (χ0v) is 30.5. The first-order valence-electron chi connectivity index (χ1n) is 14.0. The second kappa shape index (κ2) is 12.8. The van der Waals surface area contributed by atoms with Crippen LogP contribution in [0.4, 0.5) is 0 Å². The van der Waals surface area contributed by atoms with Crippen LogP contribution >= 0.6 is 92.8 Å². The lowest BCUT2D eigenvalue weighted by Crippen LogP contribution is -2.56. The fourth-order valence-corrected chi connectivity index (χ4v) is 9.31. The smallest absolute Gasteiger partial charge is 0.343 e. The van der Waals surface area contributed by atoms with Gasteiger partial charge < -0.3 is 9.47 Å². The van der Waals surface area contributed by atoms with E-state index in [1.807, 2.05) is 0 Å². The van der Waals surface area contributed by atoms with Crippen LogP contribution in [0.3, 0.4) is 0 Å². The van der Waals surface area contributed by atoms with Crippen molar-refractivity contribution in [2.45, 2.75) is 14.1 Å². The molecule has 17 heteroatoms. The van der Waals surface area contributed by atoms with E-state index in [1.165, 1.54) is 55.6 Å². The number of ketones is 1. The minimum absolute atomic E-state index is 0.0110. The summed E-state index contributed by atoms with van der Waals surface area (Å²) in [6.45, 7) is -0.842. The van der Waals surface area contributed by atoms with Crippen molar-refractivity contribution in [1.82, 2.24) is 10.0 Å². The third-order valence-electron chi connectivity index (χ3n) is 8.51. The number of nitrogens with zero attached hydrogens (tertiary/aromatic N) is 2. The summed E-state index contributed by atoms with van der Waals surface area (Å²) < 4.78 is 8.32. The number of hydrazine groups is 1. The summed E-state index contributed by atoms with van der Waals surface area (Å²) in [6.07, 6.45) is 0. The van der Waals surface area contributed by atoms with Gasteiger partial charge in [-0.2, -0.15) is 5.01 Å². The molecule has 49 heavy (non-hydrogen) atoms. The van der Waals surface area contributed by atoms with Gasteiger partial charge in [-0.25, -0.2) is 9.80 Å². The molecule has 1 aliphatic heterocycles. The summed E-state index contributed by atoms with van der Waals surface area (Å²) in [4.78, 5) is 64.2. The van der Waals surface area contributed by atoms with Crippen LogP contribution in [0.15, 0.2) is 76.8 Å². The second-order valence-electron chi connectivity index (χ2n) is 11.1. The van der Waals surface area contributed by atoms with E-state index in [4.69, 9.17) is 102 Å². The Morgan fingerprint density at radius 2 is 1.31 bits per heavy atom. The summed E-state index contributed by atoms with van der Waals surface area (Å²) in [5.41, 5.74) is 0.135. The Labute approximate surface area is 318 Å². The van der Waals surface area contributed by atoms with E-state index in [1.54, 1.807) is 18.2 Å². The molecule has 3 aliphatic rings. The molecule has 254 valence electrons. The Kier molecular flexibility index (Phi) is 9.42. The highest BCUT2D eigenvalue weighted by Crippen LogP contribution is 2.77. The number of fused-ring (bicyclic) bond motifs is 5. The van der Waals surface area contributed by atoms with Gasteiger partial charge in [0.25, 0.3) is 17.7 Å². The number of Topliss-reactive ketones (excluding diaryl/α,β-unsaturated/α-hetero) is 1. The summed E-state index contributed by atoms with van der Waals surface area (Å²) in [5.74, 6) is -7.07. The van der Waals surface area contributed by atoms with Gasteiger partial charge in [0.2, 0.25) is 0 Å². The average molecular weight is 826 g/mol. The van der Waals surface area contributed by atoms with Crippen molar-refractivity contribution >= 4 is 122 Å². The first kappa shape index (κ1) is 36.1. The van der Waals surface area contributed by atoms with Crippen LogP contribution in [0.1, 0.15) is 31.1 Å². The van der Waals surface area contributed by atoms with E-state index < -0.39 is 61.9 Å². The molecule has 1 heterocycles. The van der Waals surface area contributed by atoms with E-state index in [9.17, 15) is 24.0 Å². The predicted octanol–water partition coefficient (Wildman–Crippen LogP) is 7.91. The second-order valence-corrected chi connectivity index (χ2v) is 15.2. The predicted molar refractivity (Wildman–Crippen MR) is 185 cm³/mol. The summed E-state index contributed by atoms with van der Waals surface area (Å²) in [5, 5.41) is 0.559. The van der Waals surface area contributed by atoms with Crippen LogP contribution < -0.4 is 9.47 Å². The number of ether oxygens (including phenoxy) is 2. The molecule has 3 aromatic rings. The molecule has 2 aliphatic carbocycles. The number of esters is 1. The molecule has 1 saturated heterocycles. The van der Waals surface area contributed by atoms with Crippen LogP contribution in [0.25, 0.3) is 0 Å². The quantitative estimate of drug-likeness (QED) is 0.0747. The van der Waals surface area contributed by atoms with Crippen molar-refractivity contribution in [3.05, 3.63) is 104 Å². The largest absolute Gasteiger partial charge is 0.497 e. The van der Waals surface area contributed by atoms with Gasteiger partial charge in [-0.1, -0.05) is 75.7 Å². The zero-order valence-electron chi connectivity index (χ0n) is 24.5. The highest BCUT2D eigenvalue weighted by Gasteiger charge is 2.88. The molecule has 0 N–H and O–H groups in total. The molecule has 2 fully saturated rings. The molecule has 0 spiro atoms. The minimum atomic E-state index is -2.21. The molecule has 3 aromatic carbocycles. The van der Waals surface area contributed by atoms with Gasteiger partial charge in [0.15, 0.2) is 10.1 Å². The molecule has 2 bridgehead atoms. The van der Waals surface area contributed by atoms with Crippen molar-refractivity contribution in [1.29, 1.82) is 0 Å². The number of halogens is 8. The lowest BCUT2D eigenvalue weighted by Gasteiger charge is -2.36. The number of allylic oxidation sites excluding steroid dienone is 2. The van der Waals surface area contributed by atoms with E-state index in [0.717, 1.165) is 0 Å². The first-order valence-corrected chi connectivity index (χ1v) is 17.0. The fourth-order valence-electron chi connectivity index (χ4n) is 6.08. The van der Waals surface area contributed by atoms with Crippen molar-refractivity contribution < 1.29 is 33.4 Å².